The van der Waals surface area contributed by atoms with E-state index in [0.29, 0.717) is 5.56 Å². The minimum absolute atomic E-state index is 0.0118. The van der Waals surface area contributed by atoms with Gasteiger partial charge in [-0.15, -0.1) is 0 Å². The van der Waals surface area contributed by atoms with Crippen molar-refractivity contribution < 1.29 is 12.8 Å². The van der Waals surface area contributed by atoms with Gasteiger partial charge in [-0.25, -0.2) is 12.8 Å². The van der Waals surface area contributed by atoms with Crippen LogP contribution in [0.25, 0.3) is 0 Å². The number of hydrogen-bond acceptors (Lipinski definition) is 4. The van der Waals surface area contributed by atoms with Crippen LogP contribution >= 0.6 is 0 Å². The highest BCUT2D eigenvalue weighted by molar-refractivity contribution is 7.89. The van der Waals surface area contributed by atoms with E-state index in [-0.39, 0.29) is 19.5 Å². The number of nitriles is 1. The molecule has 2 rings (SSSR count). The van der Waals surface area contributed by atoms with Crippen LogP contribution in [0, 0.1) is 17.1 Å². The largest absolute Gasteiger partial charge is 0.264 e. The fourth-order valence-electron chi connectivity index (χ4n) is 1.95. The van der Waals surface area contributed by atoms with Crippen molar-refractivity contribution in [3.05, 3.63) is 60.2 Å². The van der Waals surface area contributed by atoms with Crippen molar-refractivity contribution in [3.63, 3.8) is 0 Å². The Morgan fingerprint density at radius 2 is 2.00 bits per heavy atom. The minimum atomic E-state index is -4.02. The standard InChI is InChI=1S/C15H14FN3O2S/c16-14-6-1-2-7-15(14)22(20,21)19(10-4-8-17)12-13-5-3-9-18-11-13/h1-3,5-7,9,11H,4,10,12H2. The van der Waals surface area contributed by atoms with Gasteiger partial charge in [0.2, 0.25) is 10.0 Å². The van der Waals surface area contributed by atoms with Gasteiger partial charge >= 0.3 is 0 Å². The van der Waals surface area contributed by atoms with Crippen molar-refractivity contribution in [2.24, 2.45) is 0 Å². The zero-order valence-electron chi connectivity index (χ0n) is 11.7. The number of hydrogen-bond donors (Lipinski definition) is 0. The van der Waals surface area contributed by atoms with Crippen LogP contribution in [0.2, 0.25) is 0 Å². The number of pyridine rings is 1. The predicted molar refractivity (Wildman–Crippen MR) is 78.5 cm³/mol. The van der Waals surface area contributed by atoms with Crippen LogP contribution in [0.4, 0.5) is 4.39 Å². The third-order valence-corrected chi connectivity index (χ3v) is 4.89. The molecule has 0 fully saturated rings. The lowest BCUT2D eigenvalue weighted by molar-refractivity contribution is 0.409. The molecule has 0 N–H and O–H groups in total. The second kappa shape index (κ2) is 7.11. The molecule has 22 heavy (non-hydrogen) atoms. The van der Waals surface area contributed by atoms with E-state index in [2.05, 4.69) is 4.98 Å². The molecule has 1 heterocycles. The summed E-state index contributed by atoms with van der Waals surface area (Å²) in [6.07, 6.45) is 3.14. The number of benzene rings is 1. The maximum atomic E-state index is 13.8. The van der Waals surface area contributed by atoms with E-state index >= 15 is 0 Å². The molecule has 0 atom stereocenters. The number of halogens is 1. The van der Waals surface area contributed by atoms with E-state index in [9.17, 15) is 12.8 Å². The third kappa shape index (κ3) is 3.67. The van der Waals surface area contributed by atoms with E-state index in [1.54, 1.807) is 18.3 Å². The van der Waals surface area contributed by atoms with Crippen LogP contribution in [0.5, 0.6) is 0 Å². The van der Waals surface area contributed by atoms with Crippen molar-refractivity contribution in [1.82, 2.24) is 9.29 Å². The van der Waals surface area contributed by atoms with Gasteiger partial charge in [0.25, 0.3) is 0 Å². The zero-order valence-corrected chi connectivity index (χ0v) is 12.5. The monoisotopic (exact) mass is 319 g/mol. The summed E-state index contributed by atoms with van der Waals surface area (Å²) in [5, 5.41) is 8.71. The quantitative estimate of drug-likeness (QED) is 0.819. The number of rotatable bonds is 6. The van der Waals surface area contributed by atoms with E-state index < -0.39 is 20.7 Å². The molecule has 0 radical (unpaired) electrons. The lowest BCUT2D eigenvalue weighted by atomic mass is 10.3. The Bertz CT molecular complexity index is 773. The Labute approximate surface area is 128 Å². The Morgan fingerprint density at radius 1 is 1.23 bits per heavy atom. The van der Waals surface area contributed by atoms with Gasteiger partial charge in [-0.2, -0.15) is 9.57 Å². The zero-order chi connectivity index (χ0) is 16.0. The first kappa shape index (κ1) is 16.1. The van der Waals surface area contributed by atoms with Crippen LogP contribution in [-0.4, -0.2) is 24.3 Å². The first-order chi connectivity index (χ1) is 10.6. The molecule has 1 aromatic heterocycles. The normalized spacial score (nSPS) is 11.3. The summed E-state index contributed by atoms with van der Waals surface area (Å²) in [7, 11) is -4.02. The van der Waals surface area contributed by atoms with Gasteiger partial charge in [0.1, 0.15) is 10.7 Å². The van der Waals surface area contributed by atoms with Gasteiger partial charge in [0, 0.05) is 31.9 Å². The first-order valence-corrected chi connectivity index (χ1v) is 8.00. The summed E-state index contributed by atoms with van der Waals surface area (Å²) in [5.41, 5.74) is 0.667. The predicted octanol–water partition coefficient (Wildman–Crippen LogP) is 2.33. The summed E-state index contributed by atoms with van der Waals surface area (Å²) in [5.74, 6) is -0.810. The summed E-state index contributed by atoms with van der Waals surface area (Å²) in [6.45, 7) is 0.0221. The van der Waals surface area contributed by atoms with Crippen molar-refractivity contribution in [2.45, 2.75) is 17.9 Å². The van der Waals surface area contributed by atoms with Gasteiger partial charge in [-0.3, -0.25) is 4.98 Å². The molecule has 0 amide bonds. The topological polar surface area (TPSA) is 74.1 Å². The van der Waals surface area contributed by atoms with Crippen molar-refractivity contribution in [1.29, 1.82) is 5.26 Å². The second-order valence-corrected chi connectivity index (χ2v) is 6.44. The molecule has 2 aromatic rings. The molecule has 0 spiro atoms. The summed E-state index contributed by atoms with van der Waals surface area (Å²) < 4.78 is 40.2. The molecule has 0 aliphatic heterocycles. The van der Waals surface area contributed by atoms with Crippen molar-refractivity contribution >= 4 is 10.0 Å². The minimum Gasteiger partial charge on any atom is -0.264 e. The maximum absolute atomic E-state index is 13.8. The Hall–Kier alpha value is -2.30. The van der Waals surface area contributed by atoms with Crippen LogP contribution in [-0.2, 0) is 16.6 Å². The highest BCUT2D eigenvalue weighted by Gasteiger charge is 2.27. The molecule has 7 heteroatoms. The summed E-state index contributed by atoms with van der Waals surface area (Å²) in [4.78, 5) is 3.54. The van der Waals surface area contributed by atoms with Gasteiger partial charge in [0.15, 0.2) is 0 Å². The van der Waals surface area contributed by atoms with Gasteiger partial charge in [-0.05, 0) is 23.8 Å². The fraction of sp³-hybridized carbons (Fsp3) is 0.200. The van der Waals surface area contributed by atoms with Crippen molar-refractivity contribution in [3.8, 4) is 6.07 Å². The molecule has 0 aliphatic carbocycles. The molecule has 0 aliphatic rings. The average Bonchev–Trinajstić information content (AvgIpc) is 2.52. The van der Waals surface area contributed by atoms with Crippen LogP contribution in [0.1, 0.15) is 12.0 Å². The molecule has 5 nitrogen and oxygen atoms in total. The van der Waals surface area contributed by atoms with Crippen LogP contribution < -0.4 is 0 Å². The fourth-order valence-corrected chi connectivity index (χ4v) is 3.44. The first-order valence-electron chi connectivity index (χ1n) is 6.56. The summed E-state index contributed by atoms with van der Waals surface area (Å²) >= 11 is 0. The van der Waals surface area contributed by atoms with Gasteiger partial charge in [-0.1, -0.05) is 18.2 Å². The van der Waals surface area contributed by atoms with E-state index in [1.807, 2.05) is 6.07 Å². The highest BCUT2D eigenvalue weighted by Crippen LogP contribution is 2.21. The molecule has 0 saturated heterocycles. The molecule has 114 valence electrons. The molecule has 0 bridgehead atoms. The Kier molecular flexibility index (Phi) is 5.20. The average molecular weight is 319 g/mol. The Morgan fingerprint density at radius 3 is 2.64 bits per heavy atom. The smallest absolute Gasteiger partial charge is 0.246 e. The number of sulfonamides is 1. The van der Waals surface area contributed by atoms with E-state index in [0.717, 1.165) is 10.4 Å². The highest BCUT2D eigenvalue weighted by atomic mass is 32.2. The lowest BCUT2D eigenvalue weighted by Gasteiger charge is -2.21. The Balaban J connectivity index is 2.36. The molecular weight excluding hydrogens is 305 g/mol. The van der Waals surface area contributed by atoms with Crippen molar-refractivity contribution in [2.75, 3.05) is 6.54 Å². The molecule has 0 unspecified atom stereocenters. The van der Waals surface area contributed by atoms with Gasteiger partial charge < -0.3 is 0 Å². The third-order valence-electron chi connectivity index (χ3n) is 3.01. The van der Waals surface area contributed by atoms with Crippen LogP contribution in [0.15, 0.2) is 53.7 Å². The molecule has 1 aromatic carbocycles. The summed E-state index contributed by atoms with van der Waals surface area (Å²) in [6, 6.07) is 10.5. The number of aromatic nitrogens is 1. The SMILES string of the molecule is N#CCCN(Cc1cccnc1)S(=O)(=O)c1ccccc1F. The van der Waals surface area contributed by atoms with E-state index in [4.69, 9.17) is 5.26 Å². The van der Waals surface area contributed by atoms with E-state index in [1.165, 1.54) is 24.4 Å². The van der Waals surface area contributed by atoms with Gasteiger partial charge in [0.05, 0.1) is 6.07 Å². The lowest BCUT2D eigenvalue weighted by Crippen LogP contribution is -2.32. The van der Waals surface area contributed by atoms with Crippen LogP contribution in [0.3, 0.4) is 0 Å². The number of nitrogens with zero attached hydrogens (tertiary/aromatic N) is 3. The molecule has 0 saturated carbocycles. The second-order valence-electron chi connectivity index (χ2n) is 4.54. The maximum Gasteiger partial charge on any atom is 0.246 e. The molecular formula is C15H14FN3O2S.